The molecule has 124 valence electrons. The molecule has 23 heavy (non-hydrogen) atoms. The lowest BCUT2D eigenvalue weighted by Gasteiger charge is -2.33. The molecule has 0 aromatic heterocycles. The lowest BCUT2D eigenvalue weighted by atomic mass is 10.1. The first kappa shape index (κ1) is 16.5. The highest BCUT2D eigenvalue weighted by Crippen LogP contribution is 2.30. The number of anilines is 1. The first-order chi connectivity index (χ1) is 11.0. The molecule has 2 amide bonds. The molecule has 0 N–H and O–H groups in total. The van der Waals surface area contributed by atoms with Crippen LogP contribution in [0, 0.1) is 12.8 Å². The van der Waals surface area contributed by atoms with E-state index in [0.717, 1.165) is 41.9 Å². The fourth-order valence-electron chi connectivity index (χ4n) is 3.31. The van der Waals surface area contributed by atoms with Gasteiger partial charge in [0.15, 0.2) is 0 Å². The molecule has 2 aliphatic heterocycles. The lowest BCUT2D eigenvalue weighted by Crippen LogP contribution is -2.49. The van der Waals surface area contributed by atoms with Crippen molar-refractivity contribution in [2.45, 2.75) is 13.3 Å². The number of benzene rings is 1. The average Bonchev–Trinajstić information content (AvgIpc) is 2.89. The van der Waals surface area contributed by atoms with E-state index < -0.39 is 0 Å². The number of amides is 2. The van der Waals surface area contributed by atoms with Crippen LogP contribution >= 0.6 is 15.9 Å². The summed E-state index contributed by atoms with van der Waals surface area (Å²) in [7, 11) is 2.07. The minimum Gasteiger partial charge on any atom is -0.340 e. The van der Waals surface area contributed by atoms with Crippen LogP contribution in [0.5, 0.6) is 0 Å². The van der Waals surface area contributed by atoms with E-state index in [9.17, 15) is 9.59 Å². The molecular formula is C17H22BrN3O2. The van der Waals surface area contributed by atoms with Gasteiger partial charge in [-0.1, -0.05) is 15.9 Å². The van der Waals surface area contributed by atoms with Crippen LogP contribution in [-0.4, -0.2) is 61.4 Å². The Morgan fingerprint density at radius 3 is 2.57 bits per heavy atom. The van der Waals surface area contributed by atoms with E-state index in [-0.39, 0.29) is 17.7 Å². The Morgan fingerprint density at radius 2 is 1.91 bits per heavy atom. The monoisotopic (exact) mass is 379 g/mol. The van der Waals surface area contributed by atoms with E-state index in [4.69, 9.17) is 0 Å². The molecule has 0 radical (unpaired) electrons. The highest BCUT2D eigenvalue weighted by molar-refractivity contribution is 9.10. The van der Waals surface area contributed by atoms with Crippen LogP contribution in [0.4, 0.5) is 5.69 Å². The Bertz CT molecular complexity index is 626. The maximum Gasteiger partial charge on any atom is 0.228 e. The predicted octanol–water partition coefficient (Wildman–Crippen LogP) is 1.88. The number of rotatable bonds is 2. The smallest absolute Gasteiger partial charge is 0.228 e. The van der Waals surface area contributed by atoms with Crippen LogP contribution in [0.2, 0.25) is 0 Å². The molecule has 0 aliphatic carbocycles. The third-order valence-electron chi connectivity index (χ3n) is 4.74. The minimum absolute atomic E-state index is 0.0444. The van der Waals surface area contributed by atoms with Gasteiger partial charge in [-0.25, -0.2) is 0 Å². The Morgan fingerprint density at radius 1 is 1.22 bits per heavy atom. The summed E-state index contributed by atoms with van der Waals surface area (Å²) in [5.74, 6) is -0.0411. The van der Waals surface area contributed by atoms with Crippen LogP contribution in [0.15, 0.2) is 22.7 Å². The Kier molecular flexibility index (Phi) is 4.73. The Labute approximate surface area is 145 Å². The standard InChI is InChI=1S/C17H22BrN3O2/c1-12-9-14(18)3-4-15(12)21-11-13(10-16(21)22)17(23)20-7-5-19(2)6-8-20/h3-4,9,13H,5-8,10-11H2,1-2H3. The van der Waals surface area contributed by atoms with Crippen LogP contribution in [0.1, 0.15) is 12.0 Å². The zero-order valence-electron chi connectivity index (χ0n) is 13.6. The predicted molar refractivity (Wildman–Crippen MR) is 93.4 cm³/mol. The fraction of sp³-hybridized carbons (Fsp3) is 0.529. The summed E-state index contributed by atoms with van der Waals surface area (Å²) in [5.41, 5.74) is 1.95. The topological polar surface area (TPSA) is 43.9 Å². The highest BCUT2D eigenvalue weighted by atomic mass is 79.9. The van der Waals surface area contributed by atoms with Gasteiger partial charge in [0.05, 0.1) is 5.92 Å². The number of hydrogen-bond acceptors (Lipinski definition) is 3. The van der Waals surface area contributed by atoms with E-state index in [1.807, 2.05) is 30.0 Å². The van der Waals surface area contributed by atoms with Crippen molar-refractivity contribution in [1.82, 2.24) is 9.80 Å². The molecule has 5 nitrogen and oxygen atoms in total. The summed E-state index contributed by atoms with van der Waals surface area (Å²) >= 11 is 3.44. The maximum absolute atomic E-state index is 12.7. The SMILES string of the molecule is Cc1cc(Br)ccc1N1CC(C(=O)N2CCN(C)CC2)CC1=O. The molecular weight excluding hydrogens is 358 g/mol. The van der Waals surface area contributed by atoms with Crippen molar-refractivity contribution in [3.05, 3.63) is 28.2 Å². The van der Waals surface area contributed by atoms with E-state index in [1.165, 1.54) is 0 Å². The number of nitrogens with zero attached hydrogens (tertiary/aromatic N) is 3. The van der Waals surface area contributed by atoms with Crippen molar-refractivity contribution in [2.75, 3.05) is 44.7 Å². The van der Waals surface area contributed by atoms with E-state index >= 15 is 0 Å². The van der Waals surface area contributed by atoms with Crippen molar-refractivity contribution >= 4 is 33.4 Å². The summed E-state index contributed by atoms with van der Waals surface area (Å²) in [6, 6.07) is 5.88. The molecule has 0 spiro atoms. The molecule has 6 heteroatoms. The summed E-state index contributed by atoms with van der Waals surface area (Å²) in [6.45, 7) is 5.81. The third kappa shape index (κ3) is 3.43. The molecule has 2 fully saturated rings. The van der Waals surface area contributed by atoms with Gasteiger partial charge in [0.25, 0.3) is 0 Å². The number of aryl methyl sites for hydroxylation is 1. The second-order valence-corrected chi connectivity index (χ2v) is 7.38. The van der Waals surface area contributed by atoms with Gasteiger partial charge < -0.3 is 14.7 Å². The third-order valence-corrected chi connectivity index (χ3v) is 5.23. The molecule has 1 aromatic rings. The first-order valence-corrected chi connectivity index (χ1v) is 8.79. The number of hydrogen-bond donors (Lipinski definition) is 0. The summed E-state index contributed by atoms with van der Waals surface area (Å²) < 4.78 is 0.996. The number of piperazine rings is 1. The minimum atomic E-state index is -0.214. The lowest BCUT2D eigenvalue weighted by molar-refractivity contribution is -0.137. The quantitative estimate of drug-likeness (QED) is 0.787. The maximum atomic E-state index is 12.7. The molecule has 3 rings (SSSR count). The summed E-state index contributed by atoms with van der Waals surface area (Å²) in [6.07, 6.45) is 0.320. The molecule has 1 atom stereocenters. The molecule has 1 aromatic carbocycles. The first-order valence-electron chi connectivity index (χ1n) is 7.99. The van der Waals surface area contributed by atoms with Crippen LogP contribution in [0.25, 0.3) is 0 Å². The van der Waals surface area contributed by atoms with Gasteiger partial charge in [-0.05, 0) is 37.7 Å². The van der Waals surface area contributed by atoms with Crippen molar-refractivity contribution in [3.63, 3.8) is 0 Å². The van der Waals surface area contributed by atoms with Crippen LogP contribution < -0.4 is 4.90 Å². The van der Waals surface area contributed by atoms with Gasteiger partial charge in [0, 0.05) is 49.3 Å². The van der Waals surface area contributed by atoms with E-state index in [2.05, 4.69) is 27.9 Å². The molecule has 2 saturated heterocycles. The normalized spacial score (nSPS) is 22.7. The van der Waals surface area contributed by atoms with Crippen LogP contribution in [0.3, 0.4) is 0 Å². The largest absolute Gasteiger partial charge is 0.340 e. The van der Waals surface area contributed by atoms with E-state index in [1.54, 1.807) is 4.90 Å². The Hall–Kier alpha value is -1.40. The summed E-state index contributed by atoms with van der Waals surface area (Å²) in [4.78, 5) is 31.0. The molecule has 2 aliphatic rings. The number of carbonyl (C=O) groups is 2. The van der Waals surface area contributed by atoms with Gasteiger partial charge in [0.2, 0.25) is 11.8 Å². The van der Waals surface area contributed by atoms with Gasteiger partial charge in [-0.2, -0.15) is 0 Å². The fourth-order valence-corrected chi connectivity index (χ4v) is 3.79. The zero-order valence-corrected chi connectivity index (χ0v) is 15.2. The molecule has 2 heterocycles. The number of carbonyl (C=O) groups excluding carboxylic acids is 2. The molecule has 1 unspecified atom stereocenters. The molecule has 0 saturated carbocycles. The van der Waals surface area contributed by atoms with E-state index in [0.29, 0.717) is 13.0 Å². The van der Waals surface area contributed by atoms with Gasteiger partial charge in [0.1, 0.15) is 0 Å². The van der Waals surface area contributed by atoms with Crippen molar-refractivity contribution in [2.24, 2.45) is 5.92 Å². The Balaban J connectivity index is 1.71. The second kappa shape index (κ2) is 6.61. The van der Waals surface area contributed by atoms with Crippen molar-refractivity contribution in [3.8, 4) is 0 Å². The number of likely N-dealkylation sites (N-methyl/N-ethyl adjacent to an activating group) is 1. The summed E-state index contributed by atoms with van der Waals surface area (Å²) in [5, 5.41) is 0. The highest BCUT2D eigenvalue weighted by Gasteiger charge is 2.38. The van der Waals surface area contributed by atoms with Gasteiger partial charge in [-0.3, -0.25) is 9.59 Å². The van der Waals surface area contributed by atoms with Crippen molar-refractivity contribution in [1.29, 1.82) is 0 Å². The zero-order chi connectivity index (χ0) is 16.6. The van der Waals surface area contributed by atoms with Gasteiger partial charge >= 0.3 is 0 Å². The van der Waals surface area contributed by atoms with Gasteiger partial charge in [-0.15, -0.1) is 0 Å². The molecule has 0 bridgehead atoms. The average molecular weight is 380 g/mol. The van der Waals surface area contributed by atoms with Crippen LogP contribution in [-0.2, 0) is 9.59 Å². The number of halogens is 1. The van der Waals surface area contributed by atoms with Crippen molar-refractivity contribution < 1.29 is 9.59 Å². The second-order valence-electron chi connectivity index (χ2n) is 6.46.